The number of likely N-dealkylation sites (N-methyl/N-ethyl adjacent to an activating group) is 1. The lowest BCUT2D eigenvalue weighted by Gasteiger charge is -2.21. The topological polar surface area (TPSA) is 84.8 Å². The van der Waals surface area contributed by atoms with Crippen LogP contribution in [-0.4, -0.2) is 56.0 Å². The van der Waals surface area contributed by atoms with Crippen LogP contribution in [0.4, 0.5) is 0 Å². The van der Waals surface area contributed by atoms with Gasteiger partial charge in [0.2, 0.25) is 0 Å². The van der Waals surface area contributed by atoms with E-state index in [0.717, 1.165) is 51.7 Å². The molecule has 160 valence electrons. The van der Waals surface area contributed by atoms with Crippen LogP contribution in [0.1, 0.15) is 33.3 Å². The maximum atomic E-state index is 13.0. The molecule has 0 spiro atoms. The molecule has 1 aromatic carbocycles. The fourth-order valence-corrected chi connectivity index (χ4v) is 4.41. The van der Waals surface area contributed by atoms with E-state index in [1.165, 1.54) is 5.57 Å². The van der Waals surface area contributed by atoms with Crippen molar-refractivity contribution in [1.29, 1.82) is 0 Å². The van der Waals surface area contributed by atoms with E-state index >= 15 is 0 Å². The lowest BCUT2D eigenvalue weighted by Crippen LogP contribution is -2.23. The van der Waals surface area contributed by atoms with E-state index in [9.17, 15) is 4.79 Å². The number of pyridine rings is 1. The summed E-state index contributed by atoms with van der Waals surface area (Å²) in [5, 5.41) is 11.0. The Morgan fingerprint density at radius 3 is 2.84 bits per heavy atom. The first-order valence-corrected chi connectivity index (χ1v) is 11.3. The fourth-order valence-electron chi connectivity index (χ4n) is 3.72. The van der Waals surface area contributed by atoms with Crippen LogP contribution in [-0.2, 0) is 6.42 Å². The molecule has 0 saturated carbocycles. The number of aryl methyl sites for hydroxylation is 1. The molecule has 0 bridgehead atoms. The van der Waals surface area contributed by atoms with Gasteiger partial charge in [-0.3, -0.25) is 9.78 Å². The van der Waals surface area contributed by atoms with Crippen LogP contribution in [0.25, 0.3) is 27.0 Å². The van der Waals surface area contributed by atoms with Gasteiger partial charge >= 0.3 is 0 Å². The molecular formula is C24H22N6OS. The summed E-state index contributed by atoms with van der Waals surface area (Å²) in [5.41, 5.74) is 4.46. The third kappa shape index (κ3) is 4.32. The van der Waals surface area contributed by atoms with E-state index in [1.54, 1.807) is 29.8 Å². The normalized spacial score (nSPS) is 14.5. The monoisotopic (exact) mass is 442 g/mol. The molecule has 0 saturated heterocycles. The predicted molar refractivity (Wildman–Crippen MR) is 126 cm³/mol. The molecule has 1 aliphatic heterocycles. The smallest absolute Gasteiger partial charge is 0.170 e. The maximum absolute atomic E-state index is 13.0. The summed E-state index contributed by atoms with van der Waals surface area (Å²) < 4.78 is 0. The molecule has 0 atom stereocenters. The Hall–Kier alpha value is -3.36. The highest BCUT2D eigenvalue weighted by Crippen LogP contribution is 2.26. The Morgan fingerprint density at radius 1 is 1.16 bits per heavy atom. The molecule has 4 aromatic rings. The molecular weight excluding hydrogens is 420 g/mol. The second-order valence-corrected chi connectivity index (χ2v) is 9.14. The van der Waals surface area contributed by atoms with Gasteiger partial charge in [0.05, 0.1) is 17.6 Å². The number of carbonyl (C=O) groups excluding carboxylic acids is 1. The van der Waals surface area contributed by atoms with Crippen LogP contribution in [0.15, 0.2) is 48.8 Å². The highest BCUT2D eigenvalue weighted by molar-refractivity contribution is 7.14. The van der Waals surface area contributed by atoms with Gasteiger partial charge < -0.3 is 4.90 Å². The molecule has 3 aromatic heterocycles. The molecule has 0 amide bonds. The SMILES string of the molecule is Cc1nnc(-c2ccc3cnc(CC(=O)c4ccnc(C5=CCN(C)CC5)c4)nc3c2)s1. The van der Waals surface area contributed by atoms with Crippen molar-refractivity contribution in [3.63, 3.8) is 0 Å². The van der Waals surface area contributed by atoms with Crippen molar-refractivity contribution in [2.45, 2.75) is 19.8 Å². The van der Waals surface area contributed by atoms with Crippen molar-refractivity contribution in [3.8, 4) is 10.6 Å². The minimum absolute atomic E-state index is 0.0163. The Bertz CT molecular complexity index is 1350. The Balaban J connectivity index is 1.38. The summed E-state index contributed by atoms with van der Waals surface area (Å²) in [7, 11) is 2.10. The van der Waals surface area contributed by atoms with Crippen molar-refractivity contribution in [3.05, 3.63) is 70.9 Å². The molecule has 4 heterocycles. The van der Waals surface area contributed by atoms with Crippen molar-refractivity contribution in [1.82, 2.24) is 30.0 Å². The number of Topliss-reactive ketones (excluding diaryl/α,β-unsaturated/α-hetero) is 1. The first-order valence-electron chi connectivity index (χ1n) is 10.5. The third-order valence-electron chi connectivity index (χ3n) is 5.55. The average molecular weight is 443 g/mol. The van der Waals surface area contributed by atoms with Crippen LogP contribution in [0.3, 0.4) is 0 Å². The zero-order valence-corrected chi connectivity index (χ0v) is 18.8. The number of benzene rings is 1. The Morgan fingerprint density at radius 2 is 2.06 bits per heavy atom. The number of hydrogen-bond acceptors (Lipinski definition) is 8. The van der Waals surface area contributed by atoms with E-state index in [1.807, 2.05) is 31.2 Å². The minimum Gasteiger partial charge on any atom is -0.302 e. The fraction of sp³-hybridized carbons (Fsp3) is 0.250. The second kappa shape index (κ2) is 8.64. The largest absolute Gasteiger partial charge is 0.302 e. The lowest BCUT2D eigenvalue weighted by atomic mass is 10.0. The molecule has 7 nitrogen and oxygen atoms in total. The highest BCUT2D eigenvalue weighted by atomic mass is 32.1. The van der Waals surface area contributed by atoms with Gasteiger partial charge in [-0.05, 0) is 44.2 Å². The minimum atomic E-state index is -0.0163. The number of aromatic nitrogens is 5. The Kier molecular flexibility index (Phi) is 5.55. The summed E-state index contributed by atoms with van der Waals surface area (Å²) >= 11 is 1.54. The summed E-state index contributed by atoms with van der Waals surface area (Å²) in [4.78, 5) is 28.8. The van der Waals surface area contributed by atoms with Gasteiger partial charge in [0.25, 0.3) is 0 Å². The van der Waals surface area contributed by atoms with E-state index in [2.05, 4.69) is 43.2 Å². The predicted octanol–water partition coefficient (Wildman–Crippen LogP) is 4.00. The van der Waals surface area contributed by atoms with E-state index in [4.69, 9.17) is 0 Å². The highest BCUT2D eigenvalue weighted by Gasteiger charge is 2.15. The number of nitrogens with zero attached hydrogens (tertiary/aromatic N) is 6. The lowest BCUT2D eigenvalue weighted by molar-refractivity contribution is 0.0990. The van der Waals surface area contributed by atoms with Crippen LogP contribution < -0.4 is 0 Å². The first kappa shape index (κ1) is 20.5. The summed E-state index contributed by atoms with van der Waals surface area (Å²) in [6.07, 6.45) is 6.74. The number of fused-ring (bicyclic) bond motifs is 1. The van der Waals surface area contributed by atoms with E-state index in [-0.39, 0.29) is 12.2 Å². The number of ketones is 1. The van der Waals surface area contributed by atoms with Crippen molar-refractivity contribution < 1.29 is 4.79 Å². The third-order valence-corrected chi connectivity index (χ3v) is 6.44. The molecule has 0 unspecified atom stereocenters. The quantitative estimate of drug-likeness (QED) is 0.432. The van der Waals surface area contributed by atoms with Crippen molar-refractivity contribution in [2.75, 3.05) is 20.1 Å². The van der Waals surface area contributed by atoms with Crippen LogP contribution in [0.2, 0.25) is 0 Å². The van der Waals surface area contributed by atoms with Crippen LogP contribution in [0, 0.1) is 6.92 Å². The zero-order chi connectivity index (χ0) is 22.1. The summed E-state index contributed by atoms with van der Waals surface area (Å²) in [6.45, 7) is 3.83. The summed E-state index contributed by atoms with van der Waals surface area (Å²) in [6, 6.07) is 9.58. The summed E-state index contributed by atoms with van der Waals surface area (Å²) in [5.74, 6) is 0.488. The second-order valence-electron chi connectivity index (χ2n) is 7.96. The molecule has 32 heavy (non-hydrogen) atoms. The first-order chi connectivity index (χ1) is 15.5. The van der Waals surface area contributed by atoms with Crippen LogP contribution in [0.5, 0.6) is 0 Å². The standard InChI is InChI=1S/C24H22N6OS/c1-15-28-29-24(32-15)18-3-4-19-14-26-23(27-21(19)12-18)13-22(31)17-5-8-25-20(11-17)16-6-9-30(2)10-7-16/h3-6,8,11-12,14H,7,9-10,13H2,1-2H3. The number of hydrogen-bond donors (Lipinski definition) is 0. The van der Waals surface area contributed by atoms with E-state index < -0.39 is 0 Å². The molecule has 0 N–H and O–H groups in total. The van der Waals surface area contributed by atoms with Crippen LogP contribution >= 0.6 is 11.3 Å². The van der Waals surface area contributed by atoms with Crippen molar-refractivity contribution in [2.24, 2.45) is 0 Å². The zero-order valence-electron chi connectivity index (χ0n) is 17.9. The van der Waals surface area contributed by atoms with E-state index in [0.29, 0.717) is 11.4 Å². The van der Waals surface area contributed by atoms with Gasteiger partial charge in [-0.25, -0.2) is 9.97 Å². The van der Waals surface area contributed by atoms with Gasteiger partial charge in [-0.15, -0.1) is 10.2 Å². The molecule has 5 rings (SSSR count). The number of carbonyl (C=O) groups is 1. The average Bonchev–Trinajstić information content (AvgIpc) is 3.25. The molecule has 8 heteroatoms. The van der Waals surface area contributed by atoms with Crippen molar-refractivity contribution >= 4 is 33.6 Å². The van der Waals surface area contributed by atoms with Gasteiger partial charge in [0.15, 0.2) is 5.78 Å². The van der Waals surface area contributed by atoms with Gasteiger partial charge in [-0.2, -0.15) is 0 Å². The van der Waals surface area contributed by atoms with Gasteiger partial charge in [0.1, 0.15) is 15.8 Å². The molecule has 0 radical (unpaired) electrons. The molecule has 0 fully saturated rings. The molecule has 0 aliphatic carbocycles. The van der Waals surface area contributed by atoms with Gasteiger partial charge in [0, 0.05) is 42.0 Å². The molecule has 1 aliphatic rings. The Labute approximate surface area is 189 Å². The van der Waals surface area contributed by atoms with Gasteiger partial charge in [-0.1, -0.05) is 29.5 Å². The maximum Gasteiger partial charge on any atom is 0.170 e. The number of rotatable bonds is 5.